The number of amides is 1. The highest BCUT2D eigenvalue weighted by Crippen LogP contribution is 2.40. The number of ether oxygens (including phenoxy) is 3. The lowest BCUT2D eigenvalue weighted by atomic mass is 9.83. The zero-order valence-corrected chi connectivity index (χ0v) is 17.0. The van der Waals surface area contributed by atoms with Gasteiger partial charge < -0.3 is 14.2 Å². The molecule has 0 spiro atoms. The Labute approximate surface area is 175 Å². The van der Waals surface area contributed by atoms with Crippen LogP contribution in [0, 0.1) is 5.92 Å². The maximum absolute atomic E-state index is 12.9. The maximum atomic E-state index is 12.9. The van der Waals surface area contributed by atoms with Crippen LogP contribution in [-0.4, -0.2) is 49.7 Å². The fourth-order valence-electron chi connectivity index (χ4n) is 3.91. The molecule has 3 rings (SSSR count). The summed E-state index contributed by atoms with van der Waals surface area (Å²) in [7, 11) is 2.56. The number of nitrogens with zero attached hydrogens (tertiary/aromatic N) is 1. The van der Waals surface area contributed by atoms with Crippen LogP contribution in [0.4, 0.5) is 4.79 Å². The molecular formula is C23H25NO6. The average Bonchev–Trinajstić information content (AvgIpc) is 3.17. The van der Waals surface area contributed by atoms with Gasteiger partial charge in [-0.05, 0) is 11.1 Å². The maximum Gasteiger partial charge on any atom is 0.410 e. The van der Waals surface area contributed by atoms with Gasteiger partial charge in [0.05, 0.1) is 20.6 Å². The number of rotatable bonds is 6. The van der Waals surface area contributed by atoms with E-state index in [4.69, 9.17) is 14.2 Å². The van der Waals surface area contributed by atoms with E-state index in [0.717, 1.165) is 11.1 Å². The van der Waals surface area contributed by atoms with E-state index in [0.29, 0.717) is 0 Å². The normalized spacial score (nSPS) is 20.5. The second-order valence-electron chi connectivity index (χ2n) is 7.12. The second kappa shape index (κ2) is 9.91. The molecule has 158 valence electrons. The van der Waals surface area contributed by atoms with E-state index in [1.165, 1.54) is 19.1 Å². The van der Waals surface area contributed by atoms with Crippen molar-refractivity contribution in [3.05, 3.63) is 71.8 Å². The molecule has 3 atom stereocenters. The van der Waals surface area contributed by atoms with Gasteiger partial charge in [0.2, 0.25) is 0 Å². The summed E-state index contributed by atoms with van der Waals surface area (Å²) in [5, 5.41) is 0. The summed E-state index contributed by atoms with van der Waals surface area (Å²) in [6.45, 7) is 0.320. The minimum atomic E-state index is -0.942. The molecule has 0 saturated carbocycles. The number of hydrogen-bond donors (Lipinski definition) is 0. The van der Waals surface area contributed by atoms with Crippen LogP contribution in [0.25, 0.3) is 0 Å². The van der Waals surface area contributed by atoms with Gasteiger partial charge in [-0.15, -0.1) is 0 Å². The molecule has 1 amide bonds. The molecule has 1 saturated heterocycles. The molecule has 7 nitrogen and oxygen atoms in total. The summed E-state index contributed by atoms with van der Waals surface area (Å²) < 4.78 is 15.3. The molecule has 0 N–H and O–H groups in total. The molecule has 1 heterocycles. The molecule has 1 aliphatic heterocycles. The first-order chi connectivity index (χ1) is 14.5. The minimum absolute atomic E-state index is 0.0156. The molecule has 0 bridgehead atoms. The van der Waals surface area contributed by atoms with Gasteiger partial charge in [-0.1, -0.05) is 60.7 Å². The molecule has 1 aliphatic rings. The molecule has 0 aliphatic carbocycles. The lowest BCUT2D eigenvalue weighted by Crippen LogP contribution is -2.44. The van der Waals surface area contributed by atoms with Crippen molar-refractivity contribution in [2.24, 2.45) is 5.92 Å². The molecule has 2 aromatic carbocycles. The van der Waals surface area contributed by atoms with Crippen molar-refractivity contribution in [3.63, 3.8) is 0 Å². The highest BCUT2D eigenvalue weighted by atomic mass is 16.6. The third-order valence-electron chi connectivity index (χ3n) is 5.39. The lowest BCUT2D eigenvalue weighted by molar-refractivity contribution is -0.148. The third kappa shape index (κ3) is 4.79. The van der Waals surface area contributed by atoms with Crippen LogP contribution in [0.3, 0.4) is 0 Å². The van der Waals surface area contributed by atoms with E-state index in [1.54, 1.807) is 0 Å². The summed E-state index contributed by atoms with van der Waals surface area (Å²) in [6, 6.07) is 17.8. The minimum Gasteiger partial charge on any atom is -0.469 e. The Morgan fingerprint density at radius 3 is 2.17 bits per heavy atom. The van der Waals surface area contributed by atoms with Crippen molar-refractivity contribution in [3.8, 4) is 0 Å². The summed E-state index contributed by atoms with van der Waals surface area (Å²) in [4.78, 5) is 39.0. The predicted octanol–water partition coefficient (Wildman–Crippen LogP) is 3.14. The number of likely N-dealkylation sites (tertiary alicyclic amines) is 1. The molecule has 30 heavy (non-hydrogen) atoms. The number of esters is 2. The van der Waals surface area contributed by atoms with Gasteiger partial charge in [0.25, 0.3) is 0 Å². The summed E-state index contributed by atoms with van der Waals surface area (Å²) >= 11 is 0. The summed E-state index contributed by atoms with van der Waals surface area (Å²) in [5.74, 6) is -1.76. The van der Waals surface area contributed by atoms with Crippen LogP contribution in [0.5, 0.6) is 0 Å². The summed E-state index contributed by atoms with van der Waals surface area (Å²) in [5.41, 5.74) is 1.77. The van der Waals surface area contributed by atoms with Gasteiger partial charge in [-0.2, -0.15) is 0 Å². The number of benzene rings is 2. The Kier molecular flexibility index (Phi) is 7.06. The van der Waals surface area contributed by atoms with E-state index in [1.807, 2.05) is 60.7 Å². The van der Waals surface area contributed by atoms with Crippen molar-refractivity contribution >= 4 is 18.0 Å². The van der Waals surface area contributed by atoms with Gasteiger partial charge in [0.1, 0.15) is 12.6 Å². The van der Waals surface area contributed by atoms with E-state index >= 15 is 0 Å². The van der Waals surface area contributed by atoms with Gasteiger partial charge >= 0.3 is 18.0 Å². The molecule has 7 heteroatoms. The van der Waals surface area contributed by atoms with Crippen molar-refractivity contribution in [2.45, 2.75) is 25.0 Å². The quantitative estimate of drug-likeness (QED) is 0.537. The Balaban J connectivity index is 1.87. The van der Waals surface area contributed by atoms with E-state index in [-0.39, 0.29) is 25.5 Å². The fraction of sp³-hybridized carbons (Fsp3) is 0.348. The van der Waals surface area contributed by atoms with Gasteiger partial charge in [-0.25, -0.2) is 9.59 Å². The van der Waals surface area contributed by atoms with Crippen LogP contribution in [-0.2, 0) is 30.4 Å². The standard InChI is InChI=1S/C23H25NO6/c1-28-20(25)13-18-19(17-11-7-4-8-12-17)14-24(21(18)22(26)29-2)23(27)30-15-16-9-5-3-6-10-16/h3-12,18-19,21H,13-15H2,1-2H3/t18-,19-,21+/m0/s1. The molecule has 0 aromatic heterocycles. The number of hydrogen-bond acceptors (Lipinski definition) is 6. The number of carbonyl (C=O) groups is 3. The van der Waals surface area contributed by atoms with Gasteiger partial charge in [0.15, 0.2) is 0 Å². The zero-order valence-electron chi connectivity index (χ0n) is 17.0. The number of carbonyl (C=O) groups excluding carboxylic acids is 3. The van der Waals surface area contributed by atoms with Gasteiger partial charge in [-0.3, -0.25) is 9.69 Å². The Morgan fingerprint density at radius 2 is 1.57 bits per heavy atom. The lowest BCUT2D eigenvalue weighted by Gasteiger charge is -2.25. The van der Waals surface area contributed by atoms with Crippen LogP contribution in [0.1, 0.15) is 23.5 Å². The third-order valence-corrected chi connectivity index (χ3v) is 5.39. The van der Waals surface area contributed by atoms with Crippen LogP contribution in [0.15, 0.2) is 60.7 Å². The van der Waals surface area contributed by atoms with Crippen LogP contribution in [0.2, 0.25) is 0 Å². The van der Waals surface area contributed by atoms with E-state index < -0.39 is 30.0 Å². The molecule has 1 fully saturated rings. The van der Waals surface area contributed by atoms with Crippen molar-refractivity contribution in [1.29, 1.82) is 0 Å². The summed E-state index contributed by atoms with van der Waals surface area (Å²) in [6.07, 6.45) is -0.638. The predicted molar refractivity (Wildman–Crippen MR) is 108 cm³/mol. The molecular weight excluding hydrogens is 386 g/mol. The van der Waals surface area contributed by atoms with Crippen LogP contribution < -0.4 is 0 Å². The first kappa shape index (κ1) is 21.4. The first-order valence-corrected chi connectivity index (χ1v) is 9.72. The largest absolute Gasteiger partial charge is 0.469 e. The van der Waals surface area contributed by atoms with E-state index in [2.05, 4.69) is 0 Å². The van der Waals surface area contributed by atoms with Crippen molar-refractivity contribution in [2.75, 3.05) is 20.8 Å². The smallest absolute Gasteiger partial charge is 0.410 e. The monoisotopic (exact) mass is 411 g/mol. The Morgan fingerprint density at radius 1 is 0.933 bits per heavy atom. The Hall–Kier alpha value is -3.35. The van der Waals surface area contributed by atoms with Crippen molar-refractivity contribution in [1.82, 2.24) is 4.90 Å². The topological polar surface area (TPSA) is 82.1 Å². The second-order valence-corrected chi connectivity index (χ2v) is 7.12. The Bertz CT molecular complexity index is 870. The zero-order chi connectivity index (χ0) is 21.5. The highest BCUT2D eigenvalue weighted by molar-refractivity contribution is 5.84. The van der Waals surface area contributed by atoms with E-state index in [9.17, 15) is 14.4 Å². The highest BCUT2D eigenvalue weighted by Gasteiger charge is 2.50. The SMILES string of the molecule is COC(=O)C[C@H]1[C@H](c2ccccc2)CN(C(=O)OCc2ccccc2)[C@H]1C(=O)OC. The van der Waals surface area contributed by atoms with Crippen molar-refractivity contribution < 1.29 is 28.6 Å². The first-order valence-electron chi connectivity index (χ1n) is 9.72. The van der Waals surface area contributed by atoms with Crippen LogP contribution >= 0.6 is 0 Å². The number of methoxy groups -OCH3 is 2. The molecule has 2 aromatic rings. The molecule has 0 unspecified atom stereocenters. The van der Waals surface area contributed by atoms with Gasteiger partial charge in [0, 0.05) is 18.4 Å². The fourth-order valence-corrected chi connectivity index (χ4v) is 3.91. The average molecular weight is 411 g/mol. The molecule has 0 radical (unpaired) electrons.